The Bertz CT molecular complexity index is 1280. The first-order valence-electron chi connectivity index (χ1n) is 13.1. The molecule has 34 heteroatoms. The molecule has 0 unspecified atom stereocenters. The van der Waals surface area contributed by atoms with Crippen LogP contribution in [0.4, 0.5) is 105 Å². The molecular formula is C22H16F24O9S. The van der Waals surface area contributed by atoms with E-state index in [0.29, 0.717) is 0 Å². The molecule has 332 valence electrons. The van der Waals surface area contributed by atoms with Crippen LogP contribution in [-0.2, 0) is 38.0 Å². The summed E-state index contributed by atoms with van der Waals surface area (Å²) in [6, 6.07) is 0. The number of halogens is 24. The molecule has 0 radical (unpaired) electrons. The standard InChI is InChI=1S/C22H16F24O9S/c23-9(24)17(35,36)20(41,42)14(29,30)3-51-7(47)1-13(6-56-55-54-50,12(49)53-5-16(33,34)22(45,46)19(39,40)11(27)28)2-8(48)52-4-15(31,32)21(43,44)18(37,38)10(25)26/h9-11,50H,1-6H2. The fourth-order valence-electron chi connectivity index (χ4n) is 3.25. The van der Waals surface area contributed by atoms with Crippen molar-refractivity contribution in [3.63, 3.8) is 0 Å². The molecular weight excluding hydrogens is 896 g/mol. The topological polar surface area (TPSA) is 118 Å². The summed E-state index contributed by atoms with van der Waals surface area (Å²) < 4.78 is 332. The molecule has 1 N–H and O–H groups in total. The maximum Gasteiger partial charge on any atom is 0.381 e. The van der Waals surface area contributed by atoms with Gasteiger partial charge in [0.05, 0.1) is 12.8 Å². The number of carbonyl (C=O) groups is 3. The van der Waals surface area contributed by atoms with Crippen molar-refractivity contribution in [1.82, 2.24) is 0 Å². The van der Waals surface area contributed by atoms with Crippen molar-refractivity contribution in [3.8, 4) is 0 Å². The Labute approximate surface area is 295 Å². The Morgan fingerprint density at radius 2 is 0.750 bits per heavy atom. The molecule has 9 nitrogen and oxygen atoms in total. The number of carbonyl (C=O) groups excluding carboxylic acids is 3. The highest BCUT2D eigenvalue weighted by atomic mass is 32.2. The van der Waals surface area contributed by atoms with Gasteiger partial charge < -0.3 is 14.2 Å². The first-order valence-corrected chi connectivity index (χ1v) is 14.0. The quantitative estimate of drug-likeness (QED) is 0.0195. The molecule has 0 aromatic rings. The van der Waals surface area contributed by atoms with Crippen molar-refractivity contribution in [1.29, 1.82) is 0 Å². The van der Waals surface area contributed by atoms with Gasteiger partial charge in [0.1, 0.15) is 5.41 Å². The average Bonchev–Trinajstić information content (AvgIpc) is 3.04. The van der Waals surface area contributed by atoms with Gasteiger partial charge in [-0.3, -0.25) is 14.4 Å². The van der Waals surface area contributed by atoms with Gasteiger partial charge in [0, 0.05) is 17.8 Å². The third-order valence-corrected chi connectivity index (χ3v) is 7.31. The molecule has 0 aromatic carbocycles. The van der Waals surface area contributed by atoms with Gasteiger partial charge in [0.25, 0.3) is 0 Å². The summed E-state index contributed by atoms with van der Waals surface area (Å²) >= 11 is -0.856. The lowest BCUT2D eigenvalue weighted by molar-refractivity contribution is -0.432. The molecule has 0 aliphatic carbocycles. The maximum absolute atomic E-state index is 14.0. The summed E-state index contributed by atoms with van der Waals surface area (Å²) in [5.41, 5.74) is -4.09. The van der Waals surface area contributed by atoms with E-state index in [1.165, 1.54) is 0 Å². The zero-order chi connectivity index (χ0) is 44.9. The largest absolute Gasteiger partial charge is 0.459 e. The van der Waals surface area contributed by atoms with E-state index in [1.807, 2.05) is 0 Å². The van der Waals surface area contributed by atoms with Crippen molar-refractivity contribution >= 4 is 30.0 Å². The average molecular weight is 912 g/mol. The second-order valence-electron chi connectivity index (χ2n) is 10.5. The second-order valence-corrected chi connectivity index (χ2v) is 11.2. The zero-order valence-corrected chi connectivity index (χ0v) is 26.5. The van der Waals surface area contributed by atoms with Gasteiger partial charge in [-0.1, -0.05) is 5.04 Å². The van der Waals surface area contributed by atoms with Gasteiger partial charge in [-0.25, -0.2) is 31.6 Å². The Morgan fingerprint density at radius 1 is 0.482 bits per heavy atom. The highest BCUT2D eigenvalue weighted by Gasteiger charge is 2.78. The van der Waals surface area contributed by atoms with Gasteiger partial charge in [-0.05, 0) is 0 Å². The van der Waals surface area contributed by atoms with E-state index in [4.69, 9.17) is 5.26 Å². The van der Waals surface area contributed by atoms with Crippen molar-refractivity contribution in [2.24, 2.45) is 5.41 Å². The van der Waals surface area contributed by atoms with Crippen molar-refractivity contribution < 1.29 is 149 Å². The van der Waals surface area contributed by atoms with Gasteiger partial charge in [0.2, 0.25) is 0 Å². The molecule has 0 atom stereocenters. The minimum Gasteiger partial charge on any atom is -0.459 e. The van der Waals surface area contributed by atoms with Crippen LogP contribution in [0.25, 0.3) is 0 Å². The first-order chi connectivity index (χ1) is 24.7. The van der Waals surface area contributed by atoms with Gasteiger partial charge in [-0.2, -0.15) is 79.0 Å². The van der Waals surface area contributed by atoms with Crippen LogP contribution in [0.3, 0.4) is 0 Å². The van der Waals surface area contributed by atoms with E-state index in [-0.39, 0.29) is 0 Å². The maximum atomic E-state index is 14.0. The molecule has 0 spiro atoms. The third kappa shape index (κ3) is 10.7. The first kappa shape index (κ1) is 53.0. The Hall–Kier alpha value is -3.04. The summed E-state index contributed by atoms with van der Waals surface area (Å²) in [5, 5.41) is 11.1. The predicted molar refractivity (Wildman–Crippen MR) is 124 cm³/mol. The molecule has 56 heavy (non-hydrogen) atoms. The number of ether oxygens (including phenoxy) is 3. The van der Waals surface area contributed by atoms with E-state index < -0.39 is 146 Å². The zero-order valence-electron chi connectivity index (χ0n) is 25.7. The number of hydrogen-bond acceptors (Lipinski definition) is 10. The lowest BCUT2D eigenvalue weighted by Crippen LogP contribution is -2.60. The van der Waals surface area contributed by atoms with Crippen LogP contribution in [0, 0.1) is 5.41 Å². The third-order valence-electron chi connectivity index (χ3n) is 6.48. The molecule has 0 amide bonds. The number of alkyl halides is 24. The Morgan fingerprint density at radius 3 is 1.00 bits per heavy atom. The molecule has 0 saturated heterocycles. The lowest BCUT2D eigenvalue weighted by Gasteiger charge is -2.34. The van der Waals surface area contributed by atoms with Crippen LogP contribution < -0.4 is 0 Å². The van der Waals surface area contributed by atoms with E-state index in [1.54, 1.807) is 0 Å². The SMILES string of the molecule is O=C(CC(CSOOO)(CC(=O)OCC(F)(F)C(F)(F)C(F)(F)C(F)F)C(=O)OCC(F)(F)C(F)(F)C(F)(F)C(F)F)OCC(F)(F)C(F)(F)C(F)(F)C(F)F. The van der Waals surface area contributed by atoms with Gasteiger partial charge in [-0.15, -0.1) is 4.33 Å². The molecule has 0 saturated carbocycles. The van der Waals surface area contributed by atoms with Crippen LogP contribution in [0.5, 0.6) is 0 Å². The highest BCUT2D eigenvalue weighted by Crippen LogP contribution is 2.51. The van der Waals surface area contributed by atoms with Gasteiger partial charge in [0.15, 0.2) is 19.8 Å². The van der Waals surface area contributed by atoms with E-state index in [9.17, 15) is 120 Å². The molecule has 0 fully saturated rings. The molecule has 0 heterocycles. The van der Waals surface area contributed by atoms with Crippen molar-refractivity contribution in [2.75, 3.05) is 25.6 Å². The van der Waals surface area contributed by atoms with Crippen LogP contribution in [0.15, 0.2) is 0 Å². The number of esters is 3. The second kappa shape index (κ2) is 17.8. The Kier molecular flexibility index (Phi) is 16.9. The van der Waals surface area contributed by atoms with Gasteiger partial charge >= 0.3 is 90.5 Å². The minimum atomic E-state index is -7.26. The monoisotopic (exact) mass is 912 g/mol. The van der Waals surface area contributed by atoms with E-state index in [2.05, 4.69) is 23.6 Å². The fraction of sp³-hybridized carbons (Fsp3) is 0.864. The molecule has 0 bridgehead atoms. The number of hydrogen-bond donors (Lipinski definition) is 1. The molecule has 0 aromatic heterocycles. The van der Waals surface area contributed by atoms with Crippen LogP contribution in [0.2, 0.25) is 0 Å². The summed E-state index contributed by atoms with van der Waals surface area (Å²) in [6.45, 7) is -10.6. The molecule has 0 aliphatic rings. The van der Waals surface area contributed by atoms with Crippen molar-refractivity contribution in [2.45, 2.75) is 85.4 Å². The predicted octanol–water partition coefficient (Wildman–Crippen LogP) is 7.97. The molecule has 0 aliphatic heterocycles. The summed E-state index contributed by atoms with van der Waals surface area (Å²) in [4.78, 5) is 37.3. The smallest absolute Gasteiger partial charge is 0.381 e. The minimum absolute atomic E-state index is 0.856. The van der Waals surface area contributed by atoms with Crippen molar-refractivity contribution in [3.05, 3.63) is 0 Å². The van der Waals surface area contributed by atoms with E-state index >= 15 is 0 Å². The lowest BCUT2D eigenvalue weighted by atomic mass is 9.83. The number of rotatable bonds is 24. The highest BCUT2D eigenvalue weighted by molar-refractivity contribution is 7.94. The van der Waals surface area contributed by atoms with Crippen LogP contribution in [-0.4, -0.2) is 121 Å². The fourth-order valence-corrected chi connectivity index (χ4v) is 3.89. The Balaban J connectivity index is 7.00. The molecule has 0 rings (SSSR count). The summed E-state index contributed by atoms with van der Waals surface area (Å²) in [6.07, 6.45) is -22.1. The van der Waals surface area contributed by atoms with E-state index in [0.717, 1.165) is 0 Å². The summed E-state index contributed by atoms with van der Waals surface area (Å²) in [5.74, 6) is -73.5. The van der Waals surface area contributed by atoms with Crippen LogP contribution >= 0.6 is 12.0 Å². The normalized spacial score (nSPS) is 14.8. The summed E-state index contributed by atoms with van der Waals surface area (Å²) in [7, 11) is 0. The van der Waals surface area contributed by atoms with Crippen LogP contribution in [0.1, 0.15) is 12.8 Å².